The zero-order chi connectivity index (χ0) is 12.4. The predicted molar refractivity (Wildman–Crippen MR) is 73.3 cm³/mol. The molecular weight excluding hydrogens is 192 g/mol. The van der Waals surface area contributed by atoms with Crippen LogP contribution in [0.25, 0.3) is 0 Å². The fraction of sp³-hybridized carbons (Fsp3) is 0.938. The topological polar surface area (TPSA) is 0 Å². The molecule has 0 aromatic heterocycles. The van der Waals surface area contributed by atoms with Crippen LogP contribution in [-0.4, -0.2) is 0 Å². The molecule has 0 saturated heterocycles. The van der Waals surface area contributed by atoms with Crippen LogP contribution in [0.4, 0.5) is 0 Å². The molecule has 1 rings (SSSR count). The third kappa shape index (κ3) is 2.31. The van der Waals surface area contributed by atoms with E-state index in [2.05, 4.69) is 48.0 Å². The number of unbranched alkanes of at least 4 members (excludes halogenated alkanes) is 1. The van der Waals surface area contributed by atoms with Crippen LogP contribution in [0.3, 0.4) is 0 Å². The first-order chi connectivity index (χ1) is 7.42. The lowest BCUT2D eigenvalue weighted by Crippen LogP contribution is -2.52. The number of hydrogen-bond acceptors (Lipinski definition) is 0. The third-order valence-electron chi connectivity index (χ3n) is 5.19. The van der Waals surface area contributed by atoms with Gasteiger partial charge in [-0.05, 0) is 48.3 Å². The smallest absolute Gasteiger partial charge is 0.0232 e. The Kier molecular flexibility index (Phi) is 4.49. The summed E-state index contributed by atoms with van der Waals surface area (Å²) in [5.41, 5.74) is 1.12. The average molecular weight is 223 g/mol. The van der Waals surface area contributed by atoms with Crippen LogP contribution in [-0.2, 0) is 0 Å². The van der Waals surface area contributed by atoms with Crippen molar-refractivity contribution in [2.45, 2.75) is 73.6 Å². The minimum atomic E-state index is 0.554. The van der Waals surface area contributed by atoms with Gasteiger partial charge >= 0.3 is 0 Å². The average Bonchev–Trinajstić information content (AvgIpc) is 2.16. The highest BCUT2D eigenvalue weighted by Gasteiger charge is 2.55. The molecule has 0 bridgehead atoms. The molecule has 1 aliphatic rings. The quantitative estimate of drug-likeness (QED) is 0.559. The highest BCUT2D eigenvalue weighted by atomic mass is 14.6. The lowest BCUT2D eigenvalue weighted by atomic mass is 9.44. The van der Waals surface area contributed by atoms with Gasteiger partial charge in [0, 0.05) is 0 Å². The second-order valence-corrected chi connectivity index (χ2v) is 6.55. The highest BCUT2D eigenvalue weighted by molar-refractivity contribution is 5.18. The van der Waals surface area contributed by atoms with Crippen molar-refractivity contribution in [1.82, 2.24) is 0 Å². The maximum absolute atomic E-state index is 2.74. The van der Waals surface area contributed by atoms with E-state index in [0.29, 0.717) is 10.8 Å². The zero-order valence-corrected chi connectivity index (χ0v) is 12.3. The van der Waals surface area contributed by atoms with Gasteiger partial charge in [-0.2, -0.15) is 0 Å². The molecule has 0 nitrogen and oxygen atoms in total. The monoisotopic (exact) mass is 223 g/mol. The van der Waals surface area contributed by atoms with E-state index in [-0.39, 0.29) is 0 Å². The number of hydrogen-bond donors (Lipinski definition) is 0. The van der Waals surface area contributed by atoms with Gasteiger partial charge in [-0.1, -0.05) is 54.4 Å². The molecule has 95 valence electrons. The molecule has 0 aromatic carbocycles. The zero-order valence-electron chi connectivity index (χ0n) is 12.3. The fourth-order valence-electron chi connectivity index (χ4n) is 3.49. The molecule has 0 spiro atoms. The van der Waals surface area contributed by atoms with E-state index in [1.54, 1.807) is 0 Å². The summed E-state index contributed by atoms with van der Waals surface area (Å²) < 4.78 is 0. The summed E-state index contributed by atoms with van der Waals surface area (Å²) in [4.78, 5) is 0. The molecule has 0 aromatic rings. The molecule has 16 heavy (non-hydrogen) atoms. The van der Waals surface area contributed by atoms with Gasteiger partial charge in [0.15, 0.2) is 0 Å². The molecular formula is C16H31. The minimum Gasteiger partial charge on any atom is -0.0654 e. The van der Waals surface area contributed by atoms with E-state index < -0.39 is 0 Å². The molecule has 0 heteroatoms. The van der Waals surface area contributed by atoms with E-state index in [1.807, 2.05) is 0 Å². The summed E-state index contributed by atoms with van der Waals surface area (Å²) in [5, 5.41) is 0. The highest BCUT2D eigenvalue weighted by Crippen LogP contribution is 2.64. The molecule has 0 N–H and O–H groups in total. The Bertz CT molecular complexity index is 206. The maximum Gasteiger partial charge on any atom is -0.0232 e. The molecule has 1 aliphatic carbocycles. The maximum atomic E-state index is 2.74. The Balaban J connectivity index is 2.67. The normalized spacial score (nSPS) is 34.5. The largest absolute Gasteiger partial charge is 0.0654 e. The molecule has 2 atom stereocenters. The summed E-state index contributed by atoms with van der Waals surface area (Å²) in [6, 6.07) is 0. The number of rotatable bonds is 6. The van der Waals surface area contributed by atoms with E-state index in [0.717, 1.165) is 11.8 Å². The van der Waals surface area contributed by atoms with Gasteiger partial charge in [0.2, 0.25) is 0 Å². The second kappa shape index (κ2) is 5.10. The molecule has 0 aliphatic heterocycles. The van der Waals surface area contributed by atoms with Crippen LogP contribution in [0, 0.1) is 29.1 Å². The van der Waals surface area contributed by atoms with Crippen LogP contribution in [0.15, 0.2) is 0 Å². The van der Waals surface area contributed by atoms with E-state index >= 15 is 0 Å². The van der Waals surface area contributed by atoms with Crippen molar-refractivity contribution in [2.24, 2.45) is 22.7 Å². The van der Waals surface area contributed by atoms with Crippen molar-refractivity contribution < 1.29 is 0 Å². The predicted octanol–water partition coefficient (Wildman–Crippen LogP) is 5.48. The molecule has 0 amide bonds. The summed E-state index contributed by atoms with van der Waals surface area (Å²) in [6.45, 7) is 14.3. The van der Waals surface area contributed by atoms with Crippen molar-refractivity contribution >= 4 is 0 Å². The van der Waals surface area contributed by atoms with E-state index in [4.69, 9.17) is 0 Å². The van der Waals surface area contributed by atoms with Crippen LogP contribution < -0.4 is 0 Å². The van der Waals surface area contributed by atoms with E-state index in [1.165, 1.54) is 32.1 Å². The van der Waals surface area contributed by atoms with Gasteiger partial charge in [-0.25, -0.2) is 0 Å². The van der Waals surface area contributed by atoms with Gasteiger partial charge in [0.1, 0.15) is 0 Å². The molecule has 0 heterocycles. The Morgan fingerprint density at radius 2 is 1.50 bits per heavy atom. The van der Waals surface area contributed by atoms with Crippen molar-refractivity contribution in [3.05, 3.63) is 6.42 Å². The van der Waals surface area contributed by atoms with Crippen molar-refractivity contribution in [3.8, 4) is 0 Å². The van der Waals surface area contributed by atoms with Crippen molar-refractivity contribution in [3.63, 3.8) is 0 Å². The molecule has 1 fully saturated rings. The Hall–Kier alpha value is 0. The lowest BCUT2D eigenvalue weighted by Gasteiger charge is -2.61. The first kappa shape index (κ1) is 14.1. The van der Waals surface area contributed by atoms with Crippen molar-refractivity contribution in [2.75, 3.05) is 0 Å². The Morgan fingerprint density at radius 3 is 1.81 bits per heavy atom. The lowest BCUT2D eigenvalue weighted by molar-refractivity contribution is -0.0343. The fourth-order valence-corrected chi connectivity index (χ4v) is 3.49. The summed E-state index contributed by atoms with van der Waals surface area (Å²) in [6.07, 6.45) is 9.65. The molecule has 2 unspecified atom stereocenters. The SMILES string of the molecule is CCCCC1(C(C)C)[CH]C(CC)(C(C)C)C1. The van der Waals surface area contributed by atoms with E-state index in [9.17, 15) is 0 Å². The molecule has 1 saturated carbocycles. The van der Waals surface area contributed by atoms with Gasteiger partial charge < -0.3 is 0 Å². The Labute approximate surface area is 103 Å². The van der Waals surface area contributed by atoms with Crippen LogP contribution in [0.1, 0.15) is 73.6 Å². The van der Waals surface area contributed by atoms with Gasteiger partial charge in [-0.15, -0.1) is 0 Å². The van der Waals surface area contributed by atoms with Crippen molar-refractivity contribution in [1.29, 1.82) is 0 Å². The first-order valence-electron chi connectivity index (χ1n) is 7.29. The third-order valence-corrected chi connectivity index (χ3v) is 5.19. The summed E-state index contributed by atoms with van der Waals surface area (Å²) in [7, 11) is 0. The molecule has 1 radical (unpaired) electrons. The Morgan fingerprint density at radius 1 is 1.00 bits per heavy atom. The minimum absolute atomic E-state index is 0.554. The standard InChI is InChI=1S/C16H31/c1-7-9-10-16(14(5)6)11-15(8-2,12-16)13(3)4/h11,13-14H,7-10,12H2,1-6H3. The summed E-state index contributed by atoms with van der Waals surface area (Å²) in [5.74, 6) is 1.63. The summed E-state index contributed by atoms with van der Waals surface area (Å²) >= 11 is 0. The van der Waals surface area contributed by atoms with Gasteiger partial charge in [0.05, 0.1) is 0 Å². The second-order valence-electron chi connectivity index (χ2n) is 6.55. The van der Waals surface area contributed by atoms with Gasteiger partial charge in [-0.3, -0.25) is 0 Å². The van der Waals surface area contributed by atoms with Gasteiger partial charge in [0.25, 0.3) is 0 Å². The van der Waals surface area contributed by atoms with Crippen LogP contribution >= 0.6 is 0 Å². The van der Waals surface area contributed by atoms with Crippen LogP contribution in [0.5, 0.6) is 0 Å². The first-order valence-corrected chi connectivity index (χ1v) is 7.29. The van der Waals surface area contributed by atoms with Crippen LogP contribution in [0.2, 0.25) is 0 Å².